The van der Waals surface area contributed by atoms with E-state index in [2.05, 4.69) is 10.6 Å². The molecule has 11 heteroatoms. The topological polar surface area (TPSA) is 106 Å². The quantitative estimate of drug-likeness (QED) is 0.411. The molecule has 2 aromatic carbocycles. The molecule has 1 aliphatic rings. The molecule has 0 fully saturated rings. The number of nitrogens with one attached hydrogen (secondary N) is 2. The standard InChI is InChI=1S/C26H26ClN3O6S/c1-4-36-26(33)30-12-11-18-21(14-30)37-25(29-23(31)15-5-7-16(27)8-6-15)22(18)24(32)28-19-10-9-17(34-2)13-20(19)35-3/h5-10,13H,4,11-12,14H2,1-3H3,(H,28,32)(H,29,31). The van der Waals surface area contributed by atoms with E-state index in [0.717, 1.165) is 10.4 Å². The maximum absolute atomic E-state index is 13.6. The normalized spacial score (nSPS) is 12.4. The van der Waals surface area contributed by atoms with E-state index in [9.17, 15) is 14.4 Å². The van der Waals surface area contributed by atoms with Crippen molar-refractivity contribution in [2.24, 2.45) is 0 Å². The molecule has 37 heavy (non-hydrogen) atoms. The minimum atomic E-state index is -0.415. The first-order chi connectivity index (χ1) is 17.8. The summed E-state index contributed by atoms with van der Waals surface area (Å²) in [5, 5.41) is 6.67. The van der Waals surface area contributed by atoms with E-state index in [1.807, 2.05) is 0 Å². The molecule has 2 heterocycles. The Hall–Kier alpha value is -3.76. The molecule has 0 bridgehead atoms. The molecule has 0 spiro atoms. The number of fused-ring (bicyclic) bond motifs is 1. The summed E-state index contributed by atoms with van der Waals surface area (Å²) >= 11 is 7.21. The van der Waals surface area contributed by atoms with Crippen molar-refractivity contribution in [1.82, 2.24) is 4.90 Å². The third kappa shape index (κ3) is 5.81. The Bertz CT molecular complexity index is 1320. The number of ether oxygens (including phenoxy) is 3. The van der Waals surface area contributed by atoms with Crippen LogP contribution in [0.5, 0.6) is 11.5 Å². The first-order valence-corrected chi connectivity index (χ1v) is 12.7. The van der Waals surface area contributed by atoms with Crippen LogP contribution in [-0.4, -0.2) is 50.2 Å². The Morgan fingerprint density at radius 1 is 1.03 bits per heavy atom. The predicted molar refractivity (Wildman–Crippen MR) is 142 cm³/mol. The first-order valence-electron chi connectivity index (χ1n) is 11.5. The van der Waals surface area contributed by atoms with Crippen LogP contribution >= 0.6 is 22.9 Å². The maximum Gasteiger partial charge on any atom is 0.410 e. The molecule has 2 N–H and O–H groups in total. The Kier molecular flexibility index (Phi) is 8.20. The van der Waals surface area contributed by atoms with E-state index < -0.39 is 12.0 Å². The zero-order valence-corrected chi connectivity index (χ0v) is 22.1. The average Bonchev–Trinajstić information content (AvgIpc) is 3.26. The summed E-state index contributed by atoms with van der Waals surface area (Å²) in [5.74, 6) is 0.223. The minimum Gasteiger partial charge on any atom is -0.497 e. The van der Waals surface area contributed by atoms with Gasteiger partial charge in [-0.05, 0) is 55.3 Å². The second kappa shape index (κ2) is 11.5. The molecule has 1 aromatic heterocycles. The summed E-state index contributed by atoms with van der Waals surface area (Å²) in [7, 11) is 3.04. The predicted octanol–water partition coefficient (Wildman–Crippen LogP) is 5.44. The van der Waals surface area contributed by atoms with E-state index >= 15 is 0 Å². The van der Waals surface area contributed by atoms with Gasteiger partial charge in [-0.1, -0.05) is 11.6 Å². The van der Waals surface area contributed by atoms with Crippen LogP contribution < -0.4 is 20.1 Å². The monoisotopic (exact) mass is 543 g/mol. The molecular weight excluding hydrogens is 518 g/mol. The van der Waals surface area contributed by atoms with Crippen molar-refractivity contribution in [3.8, 4) is 11.5 Å². The van der Waals surface area contributed by atoms with Gasteiger partial charge < -0.3 is 29.7 Å². The van der Waals surface area contributed by atoms with Crippen LogP contribution in [0.4, 0.5) is 15.5 Å². The SMILES string of the molecule is CCOC(=O)N1CCc2c(sc(NC(=O)c3ccc(Cl)cc3)c2C(=O)Nc2ccc(OC)cc2OC)C1. The lowest BCUT2D eigenvalue weighted by molar-refractivity contribution is 0.101. The van der Waals surface area contributed by atoms with Crippen LogP contribution in [0.1, 0.15) is 38.1 Å². The second-order valence-corrected chi connectivity index (χ2v) is 9.60. The molecular formula is C26H26ClN3O6S. The van der Waals surface area contributed by atoms with Gasteiger partial charge in [0.25, 0.3) is 11.8 Å². The van der Waals surface area contributed by atoms with Crippen LogP contribution in [-0.2, 0) is 17.7 Å². The number of carbonyl (C=O) groups is 3. The van der Waals surface area contributed by atoms with Crippen molar-refractivity contribution in [1.29, 1.82) is 0 Å². The highest BCUT2D eigenvalue weighted by atomic mass is 35.5. The number of carbonyl (C=O) groups excluding carboxylic acids is 3. The van der Waals surface area contributed by atoms with Gasteiger partial charge in [0.1, 0.15) is 16.5 Å². The third-order valence-electron chi connectivity index (χ3n) is 5.80. The average molecular weight is 544 g/mol. The summed E-state index contributed by atoms with van der Waals surface area (Å²) in [4.78, 5) is 41.3. The number of rotatable bonds is 7. The van der Waals surface area contributed by atoms with Crippen molar-refractivity contribution in [2.45, 2.75) is 19.9 Å². The molecule has 0 saturated heterocycles. The molecule has 0 radical (unpaired) electrons. The summed E-state index contributed by atoms with van der Waals surface area (Å²) in [6.07, 6.45) is 0.0199. The van der Waals surface area contributed by atoms with Crippen LogP contribution in [0.25, 0.3) is 0 Å². The number of benzene rings is 2. The molecule has 0 atom stereocenters. The number of thiophene rings is 1. The summed E-state index contributed by atoms with van der Waals surface area (Å²) < 4.78 is 15.8. The van der Waals surface area contributed by atoms with E-state index in [4.69, 9.17) is 25.8 Å². The largest absolute Gasteiger partial charge is 0.497 e. The van der Waals surface area contributed by atoms with E-state index in [1.54, 1.807) is 61.4 Å². The lowest BCUT2D eigenvalue weighted by Crippen LogP contribution is -2.36. The minimum absolute atomic E-state index is 0.270. The van der Waals surface area contributed by atoms with Gasteiger partial charge in [-0.2, -0.15) is 0 Å². The van der Waals surface area contributed by atoms with Gasteiger partial charge in [0.2, 0.25) is 0 Å². The van der Waals surface area contributed by atoms with Crippen molar-refractivity contribution in [2.75, 3.05) is 38.0 Å². The molecule has 0 unspecified atom stereocenters. The highest BCUT2D eigenvalue weighted by molar-refractivity contribution is 7.17. The third-order valence-corrected chi connectivity index (χ3v) is 7.18. The number of hydrogen-bond acceptors (Lipinski definition) is 7. The van der Waals surface area contributed by atoms with Crippen molar-refractivity contribution in [3.63, 3.8) is 0 Å². The highest BCUT2D eigenvalue weighted by Crippen LogP contribution is 2.39. The highest BCUT2D eigenvalue weighted by Gasteiger charge is 2.31. The van der Waals surface area contributed by atoms with Crippen LogP contribution in [0, 0.1) is 0 Å². The number of amides is 3. The number of anilines is 2. The molecule has 1 aliphatic heterocycles. The fraction of sp³-hybridized carbons (Fsp3) is 0.269. The van der Waals surface area contributed by atoms with Gasteiger partial charge >= 0.3 is 6.09 Å². The van der Waals surface area contributed by atoms with Crippen LogP contribution in [0.3, 0.4) is 0 Å². The number of halogens is 1. The second-order valence-electron chi connectivity index (χ2n) is 8.06. The number of hydrogen-bond donors (Lipinski definition) is 2. The van der Waals surface area contributed by atoms with Gasteiger partial charge in [-0.25, -0.2) is 4.79 Å². The van der Waals surface area contributed by atoms with Crippen LogP contribution in [0.2, 0.25) is 5.02 Å². The van der Waals surface area contributed by atoms with Gasteiger partial charge in [0.15, 0.2) is 0 Å². The van der Waals surface area contributed by atoms with Gasteiger partial charge in [0, 0.05) is 28.1 Å². The Morgan fingerprint density at radius 2 is 1.78 bits per heavy atom. The van der Waals surface area contributed by atoms with Crippen molar-refractivity contribution in [3.05, 3.63) is 69.1 Å². The molecule has 0 saturated carbocycles. The summed E-state index contributed by atoms with van der Waals surface area (Å²) in [5.41, 5.74) is 1.98. The van der Waals surface area contributed by atoms with E-state index in [0.29, 0.717) is 51.3 Å². The van der Waals surface area contributed by atoms with Crippen molar-refractivity contribution < 1.29 is 28.6 Å². The molecule has 3 amide bonds. The smallest absolute Gasteiger partial charge is 0.410 e. The number of nitrogens with zero attached hydrogens (tertiary/aromatic N) is 1. The zero-order chi connectivity index (χ0) is 26.5. The molecule has 9 nitrogen and oxygen atoms in total. The lowest BCUT2D eigenvalue weighted by Gasteiger charge is -2.26. The zero-order valence-electron chi connectivity index (χ0n) is 20.6. The molecule has 194 valence electrons. The lowest BCUT2D eigenvalue weighted by atomic mass is 10.0. The van der Waals surface area contributed by atoms with E-state index in [-0.39, 0.29) is 19.1 Å². The first kappa shape index (κ1) is 26.3. The molecule has 0 aliphatic carbocycles. The fourth-order valence-electron chi connectivity index (χ4n) is 3.97. The molecule has 3 aromatic rings. The van der Waals surface area contributed by atoms with Gasteiger partial charge in [-0.15, -0.1) is 11.3 Å². The number of methoxy groups -OCH3 is 2. The van der Waals surface area contributed by atoms with Crippen molar-refractivity contribution >= 4 is 51.5 Å². The maximum atomic E-state index is 13.6. The Balaban J connectivity index is 1.68. The van der Waals surface area contributed by atoms with Gasteiger partial charge in [0.05, 0.1) is 38.6 Å². The van der Waals surface area contributed by atoms with Gasteiger partial charge in [-0.3, -0.25) is 9.59 Å². The Labute approximate surface area is 223 Å². The molecule has 4 rings (SSSR count). The summed E-state index contributed by atoms with van der Waals surface area (Å²) in [6, 6.07) is 11.5. The Morgan fingerprint density at radius 3 is 2.46 bits per heavy atom. The van der Waals surface area contributed by atoms with E-state index in [1.165, 1.54) is 18.4 Å². The fourth-order valence-corrected chi connectivity index (χ4v) is 5.35. The van der Waals surface area contributed by atoms with Crippen LogP contribution in [0.15, 0.2) is 42.5 Å². The summed E-state index contributed by atoms with van der Waals surface area (Å²) in [6.45, 7) is 2.69.